The van der Waals surface area contributed by atoms with Gasteiger partial charge in [0.25, 0.3) is 5.91 Å². The third-order valence-electron chi connectivity index (χ3n) is 5.19. The summed E-state index contributed by atoms with van der Waals surface area (Å²) in [6.07, 6.45) is 7.33. The number of fused-ring (bicyclic) bond motifs is 1. The molecule has 1 aromatic carbocycles. The summed E-state index contributed by atoms with van der Waals surface area (Å²) in [5.74, 6) is 1.46. The van der Waals surface area contributed by atoms with Crippen molar-refractivity contribution in [3.05, 3.63) is 29.8 Å². The number of benzene rings is 1. The maximum atomic E-state index is 12.5. The third-order valence-corrected chi connectivity index (χ3v) is 5.19. The number of rotatable bonds is 4. The van der Waals surface area contributed by atoms with Crippen molar-refractivity contribution in [1.29, 1.82) is 0 Å². The number of carbonyl (C=O) groups is 2. The number of hydrogen-bond acceptors (Lipinski definition) is 3. The molecule has 4 heteroatoms. The Kier molecular flexibility index (Phi) is 4.99. The van der Waals surface area contributed by atoms with Gasteiger partial charge in [-0.3, -0.25) is 9.59 Å². The van der Waals surface area contributed by atoms with Gasteiger partial charge >= 0.3 is 0 Å². The van der Waals surface area contributed by atoms with Crippen LogP contribution in [0.15, 0.2) is 24.3 Å². The summed E-state index contributed by atoms with van der Waals surface area (Å²) in [4.78, 5) is 25.9. The Morgan fingerprint density at radius 2 is 1.78 bits per heavy atom. The standard InChI is InChI=1S/C19H25NO3/c1-14(21)15-8-10-17(11-9-15)23-13-19(22)20-12-4-6-16-5-2-3-7-18(16)20/h8-11,16,18H,2-7,12-13H2,1H3. The maximum absolute atomic E-state index is 12.5. The van der Waals surface area contributed by atoms with Crippen molar-refractivity contribution in [3.8, 4) is 5.75 Å². The molecule has 1 amide bonds. The third kappa shape index (κ3) is 3.74. The summed E-state index contributed by atoms with van der Waals surface area (Å²) in [6.45, 7) is 2.49. The molecule has 2 aliphatic rings. The number of nitrogens with zero attached hydrogens (tertiary/aromatic N) is 1. The molecule has 0 radical (unpaired) electrons. The first-order chi connectivity index (χ1) is 11.1. The Morgan fingerprint density at radius 3 is 2.52 bits per heavy atom. The molecule has 0 N–H and O–H groups in total. The highest BCUT2D eigenvalue weighted by atomic mass is 16.5. The molecule has 1 aliphatic heterocycles. The second-order valence-corrected chi connectivity index (χ2v) is 6.71. The SMILES string of the molecule is CC(=O)c1ccc(OCC(=O)N2CCCC3CCCCC32)cc1. The van der Waals surface area contributed by atoms with Crippen LogP contribution in [0.4, 0.5) is 0 Å². The number of piperidine rings is 1. The van der Waals surface area contributed by atoms with E-state index in [1.165, 1.54) is 32.6 Å². The van der Waals surface area contributed by atoms with Crippen LogP contribution in [0.5, 0.6) is 5.75 Å². The van der Waals surface area contributed by atoms with E-state index >= 15 is 0 Å². The van der Waals surface area contributed by atoms with E-state index in [9.17, 15) is 9.59 Å². The van der Waals surface area contributed by atoms with Crippen LogP contribution in [0.25, 0.3) is 0 Å². The first-order valence-electron chi connectivity index (χ1n) is 8.68. The molecule has 1 aromatic rings. The van der Waals surface area contributed by atoms with Crippen molar-refractivity contribution in [1.82, 2.24) is 4.90 Å². The van der Waals surface area contributed by atoms with Crippen LogP contribution in [-0.2, 0) is 4.79 Å². The molecule has 1 saturated heterocycles. The van der Waals surface area contributed by atoms with Crippen molar-refractivity contribution < 1.29 is 14.3 Å². The molecule has 0 spiro atoms. The Balaban J connectivity index is 1.57. The molecule has 0 bridgehead atoms. The Morgan fingerprint density at radius 1 is 1.09 bits per heavy atom. The molecule has 3 rings (SSSR count). The van der Waals surface area contributed by atoms with Crippen LogP contribution in [0.1, 0.15) is 55.8 Å². The smallest absolute Gasteiger partial charge is 0.260 e. The van der Waals surface area contributed by atoms with E-state index in [4.69, 9.17) is 4.74 Å². The van der Waals surface area contributed by atoms with Crippen LogP contribution in [-0.4, -0.2) is 35.8 Å². The molecule has 4 nitrogen and oxygen atoms in total. The molecule has 2 atom stereocenters. The zero-order valence-electron chi connectivity index (χ0n) is 13.8. The lowest BCUT2D eigenvalue weighted by Gasteiger charge is -2.44. The quantitative estimate of drug-likeness (QED) is 0.800. The summed E-state index contributed by atoms with van der Waals surface area (Å²) in [5.41, 5.74) is 0.657. The van der Waals surface area contributed by atoms with Gasteiger partial charge in [-0.05, 0) is 62.8 Å². The van der Waals surface area contributed by atoms with Crippen molar-refractivity contribution in [3.63, 3.8) is 0 Å². The van der Waals surface area contributed by atoms with Crippen molar-refractivity contribution in [2.75, 3.05) is 13.2 Å². The van der Waals surface area contributed by atoms with Crippen molar-refractivity contribution in [2.24, 2.45) is 5.92 Å². The molecule has 23 heavy (non-hydrogen) atoms. The fourth-order valence-electron chi connectivity index (χ4n) is 3.95. The van der Waals surface area contributed by atoms with Gasteiger partial charge in [-0.1, -0.05) is 12.8 Å². The molecular weight excluding hydrogens is 290 g/mol. The van der Waals surface area contributed by atoms with Crippen LogP contribution in [0, 0.1) is 5.92 Å². The van der Waals surface area contributed by atoms with Gasteiger partial charge < -0.3 is 9.64 Å². The number of Topliss-reactive ketones (excluding diaryl/α,β-unsaturated/α-hetero) is 1. The van der Waals surface area contributed by atoms with E-state index in [-0.39, 0.29) is 18.3 Å². The summed E-state index contributed by atoms with van der Waals surface area (Å²) < 4.78 is 5.63. The Labute approximate surface area is 137 Å². The fourth-order valence-corrected chi connectivity index (χ4v) is 3.95. The van der Waals surface area contributed by atoms with Gasteiger partial charge in [0.15, 0.2) is 12.4 Å². The van der Waals surface area contributed by atoms with Gasteiger partial charge in [-0.25, -0.2) is 0 Å². The number of amides is 1. The second-order valence-electron chi connectivity index (χ2n) is 6.71. The van der Waals surface area contributed by atoms with Gasteiger partial charge in [0, 0.05) is 18.2 Å². The predicted molar refractivity (Wildman–Crippen MR) is 88.6 cm³/mol. The predicted octanol–water partition coefficient (Wildman–Crippen LogP) is 3.45. The normalized spacial score (nSPS) is 24.0. The lowest BCUT2D eigenvalue weighted by atomic mass is 9.78. The highest BCUT2D eigenvalue weighted by Gasteiger charge is 2.35. The van der Waals surface area contributed by atoms with Crippen LogP contribution in [0.2, 0.25) is 0 Å². The minimum atomic E-state index is 0.0317. The second kappa shape index (κ2) is 7.16. The number of hydrogen-bond donors (Lipinski definition) is 0. The first-order valence-corrected chi connectivity index (χ1v) is 8.68. The summed E-state index contributed by atoms with van der Waals surface area (Å²) in [7, 11) is 0. The van der Waals surface area contributed by atoms with E-state index in [2.05, 4.69) is 4.90 Å². The van der Waals surface area contributed by atoms with E-state index in [1.807, 2.05) is 0 Å². The monoisotopic (exact) mass is 315 g/mol. The van der Waals surface area contributed by atoms with Gasteiger partial charge in [0.05, 0.1) is 0 Å². The fraction of sp³-hybridized carbons (Fsp3) is 0.579. The van der Waals surface area contributed by atoms with E-state index < -0.39 is 0 Å². The van der Waals surface area contributed by atoms with E-state index in [1.54, 1.807) is 24.3 Å². The molecule has 1 heterocycles. The molecule has 1 saturated carbocycles. The summed E-state index contributed by atoms with van der Waals surface area (Å²) in [5, 5.41) is 0. The van der Waals surface area contributed by atoms with Crippen LogP contribution in [0.3, 0.4) is 0 Å². The van der Waals surface area contributed by atoms with Crippen molar-refractivity contribution in [2.45, 2.75) is 51.5 Å². The van der Waals surface area contributed by atoms with Crippen LogP contribution >= 0.6 is 0 Å². The molecule has 2 fully saturated rings. The highest BCUT2D eigenvalue weighted by Crippen LogP contribution is 2.35. The average molecular weight is 315 g/mol. The number of ether oxygens (including phenoxy) is 1. The molecule has 124 valence electrons. The minimum absolute atomic E-state index is 0.0317. The van der Waals surface area contributed by atoms with E-state index in [0.717, 1.165) is 19.4 Å². The minimum Gasteiger partial charge on any atom is -0.484 e. The lowest BCUT2D eigenvalue weighted by molar-refractivity contribution is -0.139. The zero-order chi connectivity index (χ0) is 16.2. The molecule has 1 aliphatic carbocycles. The highest BCUT2D eigenvalue weighted by molar-refractivity contribution is 5.94. The number of carbonyl (C=O) groups excluding carboxylic acids is 2. The summed E-state index contributed by atoms with van der Waals surface area (Å²) >= 11 is 0. The Hall–Kier alpha value is -1.84. The van der Waals surface area contributed by atoms with Crippen molar-refractivity contribution >= 4 is 11.7 Å². The molecular formula is C19H25NO3. The van der Waals surface area contributed by atoms with Crippen LogP contribution < -0.4 is 4.74 Å². The zero-order valence-corrected chi connectivity index (χ0v) is 13.8. The van der Waals surface area contributed by atoms with Gasteiger partial charge in [0.2, 0.25) is 0 Å². The number of ketones is 1. The van der Waals surface area contributed by atoms with Gasteiger partial charge in [-0.15, -0.1) is 0 Å². The Bertz CT molecular complexity index is 564. The molecule has 2 unspecified atom stereocenters. The van der Waals surface area contributed by atoms with E-state index in [0.29, 0.717) is 23.3 Å². The topological polar surface area (TPSA) is 46.6 Å². The van der Waals surface area contributed by atoms with Gasteiger partial charge in [0.1, 0.15) is 5.75 Å². The summed E-state index contributed by atoms with van der Waals surface area (Å²) in [6, 6.07) is 7.40. The number of likely N-dealkylation sites (tertiary alicyclic amines) is 1. The van der Waals surface area contributed by atoms with Gasteiger partial charge in [-0.2, -0.15) is 0 Å². The lowest BCUT2D eigenvalue weighted by Crippen LogP contribution is -2.51. The average Bonchev–Trinajstić information content (AvgIpc) is 2.59. The first kappa shape index (κ1) is 16.0. The largest absolute Gasteiger partial charge is 0.484 e. The maximum Gasteiger partial charge on any atom is 0.260 e. The molecule has 0 aromatic heterocycles.